The highest BCUT2D eigenvalue weighted by Crippen LogP contribution is 2.35. The summed E-state index contributed by atoms with van der Waals surface area (Å²) < 4.78 is 35.6. The second-order valence-electron chi connectivity index (χ2n) is 8.12. The molecule has 0 aromatic heterocycles. The van der Waals surface area contributed by atoms with Crippen molar-refractivity contribution in [3.05, 3.63) is 35.9 Å². The number of nitrogens with one attached hydrogen (secondary N) is 1. The van der Waals surface area contributed by atoms with Crippen LogP contribution in [-0.2, 0) is 19.4 Å². The molecule has 1 fully saturated rings. The fourth-order valence-corrected chi connectivity index (χ4v) is 5.48. The van der Waals surface area contributed by atoms with Crippen molar-refractivity contribution in [3.8, 4) is 5.75 Å². The molecule has 1 aromatic rings. The lowest BCUT2D eigenvalue weighted by Gasteiger charge is -2.34. The van der Waals surface area contributed by atoms with E-state index in [0.29, 0.717) is 18.3 Å². The maximum atomic E-state index is 13.2. The summed E-state index contributed by atoms with van der Waals surface area (Å²) in [5.41, 5.74) is 2.85. The van der Waals surface area contributed by atoms with Gasteiger partial charge in [-0.2, -0.15) is 0 Å². The lowest BCUT2D eigenvalue weighted by atomic mass is 9.98. The SMILES string of the molecule is CC(C)=CCCC(C)CCOc1ccc(S(=O)(=O)C2(C(=O)NO)CCOCC2)cc1. The largest absolute Gasteiger partial charge is 0.494 e. The fraction of sp³-hybridized carbons (Fsp3) is 0.591. The lowest BCUT2D eigenvalue weighted by molar-refractivity contribution is -0.134. The Labute approximate surface area is 179 Å². The standard InChI is InChI=1S/C22H33NO6S/c1-17(2)5-4-6-18(3)11-14-29-19-7-9-20(10-8-19)30(26,27)22(21(24)23-25)12-15-28-16-13-22/h5,7-10,18,25H,4,6,11-16H2,1-3H3,(H,23,24). The molecule has 30 heavy (non-hydrogen) atoms. The lowest BCUT2D eigenvalue weighted by Crippen LogP contribution is -2.54. The first kappa shape index (κ1) is 24.4. The Hall–Kier alpha value is -1.90. The van der Waals surface area contributed by atoms with E-state index in [9.17, 15) is 13.2 Å². The first-order chi connectivity index (χ1) is 14.2. The molecule has 1 heterocycles. The maximum Gasteiger partial charge on any atom is 0.265 e. The van der Waals surface area contributed by atoms with E-state index >= 15 is 0 Å². The van der Waals surface area contributed by atoms with E-state index in [1.165, 1.54) is 23.2 Å². The topological polar surface area (TPSA) is 102 Å². The number of benzene rings is 1. The molecule has 1 atom stereocenters. The zero-order valence-electron chi connectivity index (χ0n) is 18.0. The number of hydroxylamine groups is 1. The molecule has 1 aliphatic rings. The Balaban J connectivity index is 2.00. The van der Waals surface area contributed by atoms with Crippen molar-refractivity contribution in [2.24, 2.45) is 5.92 Å². The minimum absolute atomic E-state index is 0.00931. The van der Waals surface area contributed by atoms with Crippen molar-refractivity contribution in [1.82, 2.24) is 5.48 Å². The Morgan fingerprint density at radius 3 is 2.43 bits per heavy atom. The molecule has 0 bridgehead atoms. The van der Waals surface area contributed by atoms with Gasteiger partial charge in [-0.3, -0.25) is 10.0 Å². The van der Waals surface area contributed by atoms with Crippen molar-refractivity contribution >= 4 is 15.7 Å². The summed E-state index contributed by atoms with van der Waals surface area (Å²) in [6.45, 7) is 7.21. The van der Waals surface area contributed by atoms with E-state index in [2.05, 4.69) is 26.8 Å². The quantitative estimate of drug-likeness (QED) is 0.328. The van der Waals surface area contributed by atoms with Gasteiger partial charge in [-0.15, -0.1) is 0 Å². The van der Waals surface area contributed by atoms with Crippen molar-refractivity contribution < 1.29 is 27.9 Å². The Bertz CT molecular complexity index is 822. The minimum atomic E-state index is -4.02. The van der Waals surface area contributed by atoms with E-state index in [0.717, 1.165) is 19.3 Å². The van der Waals surface area contributed by atoms with Crippen LogP contribution in [0.3, 0.4) is 0 Å². The van der Waals surface area contributed by atoms with Gasteiger partial charge in [-0.25, -0.2) is 13.9 Å². The van der Waals surface area contributed by atoms with Crippen LogP contribution in [0, 0.1) is 5.92 Å². The van der Waals surface area contributed by atoms with E-state index in [1.54, 1.807) is 12.1 Å². The van der Waals surface area contributed by atoms with Gasteiger partial charge in [0.1, 0.15) is 5.75 Å². The number of amides is 1. The normalized spacial score (nSPS) is 17.1. The Morgan fingerprint density at radius 2 is 1.87 bits per heavy atom. The summed E-state index contributed by atoms with van der Waals surface area (Å²) in [4.78, 5) is 12.3. The molecule has 0 saturated carbocycles. The monoisotopic (exact) mass is 439 g/mol. The van der Waals surface area contributed by atoms with Crippen LogP contribution in [0.4, 0.5) is 0 Å². The van der Waals surface area contributed by atoms with Crippen molar-refractivity contribution in [1.29, 1.82) is 0 Å². The zero-order chi connectivity index (χ0) is 22.2. The van der Waals surface area contributed by atoms with Crippen LogP contribution in [0.15, 0.2) is 40.8 Å². The predicted molar refractivity (Wildman–Crippen MR) is 114 cm³/mol. The summed E-state index contributed by atoms with van der Waals surface area (Å²) in [6, 6.07) is 6.10. The van der Waals surface area contributed by atoms with Crippen molar-refractivity contribution in [2.75, 3.05) is 19.8 Å². The molecule has 1 aromatic carbocycles. The molecule has 168 valence electrons. The smallest absolute Gasteiger partial charge is 0.265 e. The van der Waals surface area contributed by atoms with Gasteiger partial charge in [0.15, 0.2) is 14.6 Å². The third kappa shape index (κ3) is 5.83. The molecule has 7 nitrogen and oxygen atoms in total. The van der Waals surface area contributed by atoms with E-state index in [-0.39, 0.29) is 31.0 Å². The molecule has 1 saturated heterocycles. The molecule has 8 heteroatoms. The van der Waals surface area contributed by atoms with Crippen LogP contribution in [0.5, 0.6) is 5.75 Å². The first-order valence-electron chi connectivity index (χ1n) is 10.4. The predicted octanol–water partition coefficient (Wildman–Crippen LogP) is 3.67. The van der Waals surface area contributed by atoms with Gasteiger partial charge in [0, 0.05) is 13.2 Å². The Kier molecular flexibility index (Phi) is 8.88. The average Bonchev–Trinajstić information content (AvgIpc) is 2.73. The molecule has 2 rings (SSSR count). The number of carbonyl (C=O) groups excluding carboxylic acids is 1. The molecule has 1 aliphatic heterocycles. The van der Waals surface area contributed by atoms with Gasteiger partial charge in [-0.1, -0.05) is 18.6 Å². The van der Waals surface area contributed by atoms with Gasteiger partial charge >= 0.3 is 0 Å². The summed E-state index contributed by atoms with van der Waals surface area (Å²) in [5, 5.41) is 9.10. The highest BCUT2D eigenvalue weighted by atomic mass is 32.2. The van der Waals surface area contributed by atoms with Gasteiger partial charge in [0.2, 0.25) is 0 Å². The highest BCUT2D eigenvalue weighted by Gasteiger charge is 2.52. The number of sulfone groups is 1. The van der Waals surface area contributed by atoms with Crippen LogP contribution >= 0.6 is 0 Å². The number of carbonyl (C=O) groups is 1. The zero-order valence-corrected chi connectivity index (χ0v) is 18.8. The summed E-state index contributed by atoms with van der Waals surface area (Å²) in [7, 11) is -4.02. The molecule has 0 spiro atoms. The molecule has 0 aliphatic carbocycles. The third-order valence-corrected chi connectivity index (χ3v) is 8.07. The minimum Gasteiger partial charge on any atom is -0.494 e. The van der Waals surface area contributed by atoms with Crippen molar-refractivity contribution in [2.45, 2.75) is 62.5 Å². The second kappa shape index (κ2) is 10.9. The number of hydrogen-bond donors (Lipinski definition) is 2. The van der Waals surface area contributed by atoms with E-state index in [1.807, 2.05) is 0 Å². The molecule has 0 radical (unpaired) electrons. The van der Waals surface area contributed by atoms with Gasteiger partial charge in [-0.05, 0) is 76.1 Å². The van der Waals surface area contributed by atoms with Crippen LogP contribution in [0.1, 0.15) is 52.9 Å². The average molecular weight is 440 g/mol. The number of rotatable bonds is 10. The summed E-state index contributed by atoms with van der Waals surface area (Å²) >= 11 is 0. The Morgan fingerprint density at radius 1 is 1.23 bits per heavy atom. The summed E-state index contributed by atoms with van der Waals surface area (Å²) in [5.74, 6) is 0.192. The number of allylic oxidation sites excluding steroid dienone is 2. The third-order valence-electron chi connectivity index (χ3n) is 5.56. The van der Waals surface area contributed by atoms with Crippen LogP contribution in [0.2, 0.25) is 0 Å². The summed E-state index contributed by atoms with van der Waals surface area (Å²) in [6.07, 6.45) is 5.29. The first-order valence-corrected chi connectivity index (χ1v) is 11.8. The van der Waals surface area contributed by atoms with Crippen LogP contribution in [-0.4, -0.2) is 44.1 Å². The van der Waals surface area contributed by atoms with E-state index in [4.69, 9.17) is 14.7 Å². The second-order valence-corrected chi connectivity index (χ2v) is 10.4. The maximum absolute atomic E-state index is 13.2. The van der Waals surface area contributed by atoms with Gasteiger partial charge in [0.25, 0.3) is 5.91 Å². The molecular formula is C22H33NO6S. The van der Waals surface area contributed by atoms with Gasteiger partial charge < -0.3 is 9.47 Å². The van der Waals surface area contributed by atoms with Crippen LogP contribution < -0.4 is 10.2 Å². The van der Waals surface area contributed by atoms with E-state index < -0.39 is 20.5 Å². The van der Waals surface area contributed by atoms with Crippen LogP contribution in [0.25, 0.3) is 0 Å². The van der Waals surface area contributed by atoms with Crippen molar-refractivity contribution in [3.63, 3.8) is 0 Å². The number of ether oxygens (including phenoxy) is 2. The molecule has 2 N–H and O–H groups in total. The highest BCUT2D eigenvalue weighted by molar-refractivity contribution is 7.93. The molecule has 1 amide bonds. The fourth-order valence-electron chi connectivity index (χ4n) is 3.54. The molecule has 1 unspecified atom stereocenters. The molecular weight excluding hydrogens is 406 g/mol. The number of hydrogen-bond acceptors (Lipinski definition) is 6. The van der Waals surface area contributed by atoms with Gasteiger partial charge in [0.05, 0.1) is 11.5 Å².